The van der Waals surface area contributed by atoms with Gasteiger partial charge in [0, 0.05) is 12.0 Å². The van der Waals surface area contributed by atoms with E-state index in [1.54, 1.807) is 38.3 Å². The van der Waals surface area contributed by atoms with E-state index in [0.29, 0.717) is 30.0 Å². The Balaban J connectivity index is 1.52. The molecule has 188 valence electrons. The smallest absolute Gasteiger partial charge is 0.333 e. The summed E-state index contributed by atoms with van der Waals surface area (Å²) < 4.78 is 15.6. The summed E-state index contributed by atoms with van der Waals surface area (Å²) in [6, 6.07) is 14.3. The van der Waals surface area contributed by atoms with Crippen LogP contribution in [0.1, 0.15) is 64.7 Å². The Bertz CT molecular complexity index is 952. The fraction of sp³-hybridized carbons (Fsp3) is 0.429. The lowest BCUT2D eigenvalue weighted by molar-refractivity contribution is -0.139. The predicted molar refractivity (Wildman–Crippen MR) is 137 cm³/mol. The molecule has 0 saturated heterocycles. The lowest BCUT2D eigenvalue weighted by atomic mass is 10.1. The first-order valence-electron chi connectivity index (χ1n) is 12.2. The van der Waals surface area contributed by atoms with Gasteiger partial charge >= 0.3 is 11.9 Å². The van der Waals surface area contributed by atoms with E-state index in [0.717, 1.165) is 62.8 Å². The van der Waals surface area contributed by atoms with E-state index in [4.69, 9.17) is 14.2 Å². The van der Waals surface area contributed by atoms with E-state index in [-0.39, 0.29) is 11.9 Å². The van der Waals surface area contributed by atoms with Gasteiger partial charge in [-0.3, -0.25) is 4.79 Å². The van der Waals surface area contributed by atoms with Gasteiger partial charge in [0.05, 0.1) is 25.1 Å². The minimum Gasteiger partial charge on any atom is -0.497 e. The zero-order valence-corrected chi connectivity index (χ0v) is 20.8. The minimum atomic E-state index is -0.312. The van der Waals surface area contributed by atoms with E-state index in [2.05, 4.69) is 16.8 Å². The molecule has 7 nitrogen and oxygen atoms in total. The SMILES string of the molecule is C=C(C)C(=O)OCCCCCCCCCCC(=O)Oc1ccc(N=Nc2ccc(OC)cc2)cc1. The number of esters is 2. The van der Waals surface area contributed by atoms with Crippen molar-refractivity contribution >= 4 is 23.3 Å². The first-order chi connectivity index (χ1) is 17.0. The molecule has 2 rings (SSSR count). The third kappa shape index (κ3) is 12.0. The maximum Gasteiger partial charge on any atom is 0.333 e. The summed E-state index contributed by atoms with van der Waals surface area (Å²) in [6.45, 7) is 5.67. The quantitative estimate of drug-likeness (QED) is 0.0809. The number of methoxy groups -OCH3 is 1. The number of unbranched alkanes of at least 4 members (excludes halogenated alkanes) is 7. The minimum absolute atomic E-state index is 0.220. The van der Waals surface area contributed by atoms with Crippen LogP contribution in [0.4, 0.5) is 11.4 Å². The molecule has 0 aliphatic heterocycles. The van der Waals surface area contributed by atoms with Crippen LogP contribution in [-0.4, -0.2) is 25.7 Å². The number of nitrogens with zero attached hydrogens (tertiary/aromatic N) is 2. The second-order valence-electron chi connectivity index (χ2n) is 8.36. The molecule has 2 aromatic carbocycles. The number of rotatable bonds is 16. The molecule has 0 atom stereocenters. The Morgan fingerprint density at radius 1 is 0.743 bits per heavy atom. The molecule has 0 amide bonds. The van der Waals surface area contributed by atoms with Crippen molar-refractivity contribution in [2.75, 3.05) is 13.7 Å². The monoisotopic (exact) mass is 480 g/mol. The third-order valence-electron chi connectivity index (χ3n) is 5.28. The van der Waals surface area contributed by atoms with Crippen molar-refractivity contribution in [2.45, 2.75) is 64.7 Å². The number of carbonyl (C=O) groups excluding carboxylic acids is 2. The summed E-state index contributed by atoms with van der Waals surface area (Å²) in [6.07, 6.45) is 8.71. The van der Waals surface area contributed by atoms with Gasteiger partial charge < -0.3 is 14.2 Å². The van der Waals surface area contributed by atoms with Crippen molar-refractivity contribution in [3.8, 4) is 11.5 Å². The lowest BCUT2D eigenvalue weighted by Crippen LogP contribution is -2.07. The molecule has 0 radical (unpaired) electrons. The molecular formula is C28H36N2O5. The molecule has 0 N–H and O–H groups in total. The first-order valence-corrected chi connectivity index (χ1v) is 12.2. The van der Waals surface area contributed by atoms with Crippen LogP contribution in [0.25, 0.3) is 0 Å². The molecule has 0 fully saturated rings. The normalized spacial score (nSPS) is 10.8. The van der Waals surface area contributed by atoms with Gasteiger partial charge in [-0.2, -0.15) is 10.2 Å². The highest BCUT2D eigenvalue weighted by Crippen LogP contribution is 2.23. The van der Waals surface area contributed by atoms with E-state index in [1.165, 1.54) is 0 Å². The molecule has 0 aliphatic rings. The van der Waals surface area contributed by atoms with Gasteiger partial charge in [0.25, 0.3) is 0 Å². The molecule has 2 aromatic rings. The van der Waals surface area contributed by atoms with Crippen molar-refractivity contribution < 1.29 is 23.8 Å². The lowest BCUT2D eigenvalue weighted by Gasteiger charge is -2.05. The first kappa shape index (κ1) is 27.8. The van der Waals surface area contributed by atoms with Crippen LogP contribution in [0, 0.1) is 0 Å². The van der Waals surface area contributed by atoms with Crippen LogP contribution in [0.15, 0.2) is 70.9 Å². The van der Waals surface area contributed by atoms with E-state index in [1.807, 2.05) is 24.3 Å². The van der Waals surface area contributed by atoms with Crippen LogP contribution >= 0.6 is 0 Å². The van der Waals surface area contributed by atoms with Crippen LogP contribution in [0.3, 0.4) is 0 Å². The van der Waals surface area contributed by atoms with Crippen LogP contribution in [0.2, 0.25) is 0 Å². The molecule has 0 aromatic heterocycles. The molecule has 0 heterocycles. The molecular weight excluding hydrogens is 444 g/mol. The summed E-state index contributed by atoms with van der Waals surface area (Å²) in [5.41, 5.74) is 1.84. The highest BCUT2D eigenvalue weighted by molar-refractivity contribution is 5.86. The van der Waals surface area contributed by atoms with E-state index < -0.39 is 0 Å². The predicted octanol–water partition coefficient (Wildman–Crippen LogP) is 7.65. The number of hydrogen-bond donors (Lipinski definition) is 0. The van der Waals surface area contributed by atoms with Crippen LogP contribution in [0.5, 0.6) is 11.5 Å². The van der Waals surface area contributed by atoms with Crippen molar-refractivity contribution in [1.82, 2.24) is 0 Å². The number of hydrogen-bond acceptors (Lipinski definition) is 7. The Kier molecular flexibility index (Phi) is 12.8. The average molecular weight is 481 g/mol. The Morgan fingerprint density at radius 3 is 1.74 bits per heavy atom. The maximum absolute atomic E-state index is 12.1. The second-order valence-corrected chi connectivity index (χ2v) is 8.36. The molecule has 7 heteroatoms. The van der Waals surface area contributed by atoms with Gasteiger partial charge in [0.2, 0.25) is 0 Å². The summed E-state index contributed by atoms with van der Waals surface area (Å²) in [5, 5.41) is 8.38. The van der Waals surface area contributed by atoms with Crippen molar-refractivity contribution in [3.63, 3.8) is 0 Å². The van der Waals surface area contributed by atoms with Crippen molar-refractivity contribution in [2.24, 2.45) is 10.2 Å². The Morgan fingerprint density at radius 2 is 1.23 bits per heavy atom. The second kappa shape index (κ2) is 16.2. The van der Waals surface area contributed by atoms with Crippen LogP contribution < -0.4 is 9.47 Å². The Hall–Kier alpha value is -3.48. The fourth-order valence-corrected chi connectivity index (χ4v) is 3.25. The highest BCUT2D eigenvalue weighted by Gasteiger charge is 2.05. The largest absolute Gasteiger partial charge is 0.497 e. The number of ether oxygens (including phenoxy) is 3. The molecule has 0 saturated carbocycles. The Labute approximate surface area is 208 Å². The molecule has 0 unspecified atom stereocenters. The number of carbonyl (C=O) groups is 2. The van der Waals surface area contributed by atoms with Gasteiger partial charge in [0.15, 0.2) is 0 Å². The molecule has 35 heavy (non-hydrogen) atoms. The number of benzene rings is 2. The van der Waals surface area contributed by atoms with Crippen molar-refractivity contribution in [3.05, 3.63) is 60.7 Å². The molecule has 0 aliphatic carbocycles. The van der Waals surface area contributed by atoms with E-state index in [9.17, 15) is 9.59 Å². The molecule has 0 bridgehead atoms. The van der Waals surface area contributed by atoms with E-state index >= 15 is 0 Å². The van der Waals surface area contributed by atoms with Gasteiger partial charge in [-0.25, -0.2) is 4.79 Å². The molecule has 0 spiro atoms. The highest BCUT2D eigenvalue weighted by atomic mass is 16.5. The number of azo groups is 1. The summed E-state index contributed by atoms with van der Waals surface area (Å²) >= 11 is 0. The van der Waals surface area contributed by atoms with Gasteiger partial charge in [-0.05, 0) is 68.3 Å². The summed E-state index contributed by atoms with van der Waals surface area (Å²) in [5.74, 6) is 0.740. The summed E-state index contributed by atoms with van der Waals surface area (Å²) in [7, 11) is 1.62. The third-order valence-corrected chi connectivity index (χ3v) is 5.28. The van der Waals surface area contributed by atoms with Crippen LogP contribution in [-0.2, 0) is 14.3 Å². The zero-order chi connectivity index (χ0) is 25.3. The van der Waals surface area contributed by atoms with Gasteiger partial charge in [-0.1, -0.05) is 45.1 Å². The zero-order valence-electron chi connectivity index (χ0n) is 20.8. The average Bonchev–Trinajstić information content (AvgIpc) is 2.87. The van der Waals surface area contributed by atoms with Gasteiger partial charge in [-0.15, -0.1) is 0 Å². The standard InChI is InChI=1S/C28H36N2O5/c1-22(2)28(32)34-21-11-9-7-5-4-6-8-10-12-27(31)35-26-19-15-24(16-20-26)30-29-23-13-17-25(33-3)18-14-23/h13-20H,1,4-12,21H2,2-3H3. The fourth-order valence-electron chi connectivity index (χ4n) is 3.25. The van der Waals surface area contributed by atoms with Crippen molar-refractivity contribution in [1.29, 1.82) is 0 Å². The summed E-state index contributed by atoms with van der Waals surface area (Å²) in [4.78, 5) is 23.3. The van der Waals surface area contributed by atoms with Gasteiger partial charge in [0.1, 0.15) is 11.5 Å². The topological polar surface area (TPSA) is 86.6 Å². The maximum atomic E-state index is 12.1.